The number of rotatable bonds is 1. The third-order valence-electron chi connectivity index (χ3n) is 2.94. The molecule has 18 heavy (non-hydrogen) atoms. The molecule has 1 aromatic carbocycles. The minimum absolute atomic E-state index is 0.0630. The Morgan fingerprint density at radius 3 is 2.72 bits per heavy atom. The van der Waals surface area contributed by atoms with Crippen molar-refractivity contribution < 1.29 is 12.8 Å². The Kier molecular flexibility index (Phi) is 2.93. The molecule has 0 saturated carbocycles. The fourth-order valence-corrected chi connectivity index (χ4v) is 4.26. The highest BCUT2D eigenvalue weighted by Gasteiger charge is 2.38. The number of nitrogens with two attached hydrogens (primary N) is 1. The summed E-state index contributed by atoms with van der Waals surface area (Å²) in [7, 11) is -3.26. The Morgan fingerprint density at radius 1 is 1.44 bits per heavy atom. The molecule has 1 heterocycles. The summed E-state index contributed by atoms with van der Waals surface area (Å²) in [6.07, 6.45) is 0. The smallest absolute Gasteiger partial charge is 0.158 e. The van der Waals surface area contributed by atoms with Gasteiger partial charge in [0.15, 0.2) is 9.84 Å². The molecule has 98 valence electrons. The van der Waals surface area contributed by atoms with Crippen molar-refractivity contribution in [1.29, 1.82) is 0 Å². The molecular formula is C12H15FN2O2S. The van der Waals surface area contributed by atoms with Gasteiger partial charge in [-0.1, -0.05) is 0 Å². The van der Waals surface area contributed by atoms with Gasteiger partial charge in [-0.3, -0.25) is 4.99 Å². The van der Waals surface area contributed by atoms with Crippen LogP contribution in [0.2, 0.25) is 0 Å². The van der Waals surface area contributed by atoms with Crippen molar-refractivity contribution in [3.8, 4) is 0 Å². The van der Waals surface area contributed by atoms with Gasteiger partial charge in [-0.2, -0.15) is 0 Å². The maximum absolute atomic E-state index is 13.9. The molecule has 0 radical (unpaired) electrons. The van der Waals surface area contributed by atoms with Gasteiger partial charge in [0.1, 0.15) is 5.82 Å². The molecule has 0 fully saturated rings. The molecule has 0 unspecified atom stereocenters. The van der Waals surface area contributed by atoms with Crippen LogP contribution < -0.4 is 5.73 Å². The summed E-state index contributed by atoms with van der Waals surface area (Å²) in [6.45, 7) is 3.25. The predicted molar refractivity (Wildman–Crippen MR) is 69.9 cm³/mol. The zero-order chi connectivity index (χ0) is 13.6. The molecular weight excluding hydrogens is 255 g/mol. The van der Waals surface area contributed by atoms with Crippen LogP contribution in [0.5, 0.6) is 0 Å². The third-order valence-corrected chi connectivity index (χ3v) is 4.80. The topological polar surface area (TPSA) is 72.5 Å². The van der Waals surface area contributed by atoms with Crippen LogP contribution in [-0.2, 0) is 15.4 Å². The summed E-state index contributed by atoms with van der Waals surface area (Å²) < 4.78 is 37.5. The van der Waals surface area contributed by atoms with E-state index in [-0.39, 0.29) is 17.1 Å². The van der Waals surface area contributed by atoms with E-state index in [9.17, 15) is 12.8 Å². The van der Waals surface area contributed by atoms with E-state index < -0.39 is 21.2 Å². The van der Waals surface area contributed by atoms with Crippen LogP contribution in [0.3, 0.4) is 0 Å². The van der Waals surface area contributed by atoms with E-state index in [1.165, 1.54) is 18.2 Å². The second-order valence-electron chi connectivity index (χ2n) is 4.89. The standard InChI is InChI=1S/C12H15FN2O2S/c1-8-6-18(16,17)7-12(2,15-8)10-5-9(14)3-4-11(10)13/h3-5H,6-7,14H2,1-2H3/t12-/m0/s1. The van der Waals surface area contributed by atoms with Crippen LogP contribution in [-0.4, -0.2) is 25.6 Å². The maximum atomic E-state index is 13.9. The molecule has 0 bridgehead atoms. The van der Waals surface area contributed by atoms with Gasteiger partial charge in [-0.25, -0.2) is 12.8 Å². The first-order valence-corrected chi connectivity index (χ1v) is 7.35. The highest BCUT2D eigenvalue weighted by Crippen LogP contribution is 2.33. The lowest BCUT2D eigenvalue weighted by Gasteiger charge is -2.30. The summed E-state index contributed by atoms with van der Waals surface area (Å²) in [5.74, 6) is -0.745. The van der Waals surface area contributed by atoms with E-state index in [1.807, 2.05) is 0 Å². The number of anilines is 1. The number of benzene rings is 1. The highest BCUT2D eigenvalue weighted by molar-refractivity contribution is 7.92. The lowest BCUT2D eigenvalue weighted by Crippen LogP contribution is -2.38. The number of nitrogen functional groups attached to an aromatic ring is 1. The minimum atomic E-state index is -3.26. The summed E-state index contributed by atoms with van der Waals surface area (Å²) >= 11 is 0. The van der Waals surface area contributed by atoms with E-state index in [0.29, 0.717) is 11.4 Å². The third kappa shape index (κ3) is 2.38. The lowest BCUT2D eigenvalue weighted by molar-refractivity contribution is 0.491. The molecule has 0 saturated heterocycles. The molecule has 0 aromatic heterocycles. The summed E-state index contributed by atoms with van der Waals surface area (Å²) in [5.41, 5.74) is 5.64. The number of hydrogen-bond acceptors (Lipinski definition) is 4. The van der Waals surface area contributed by atoms with Gasteiger partial charge in [0.05, 0.1) is 17.0 Å². The summed E-state index contributed by atoms with van der Waals surface area (Å²) in [5, 5.41) is 0. The lowest BCUT2D eigenvalue weighted by atomic mass is 9.93. The second-order valence-corrected chi connectivity index (χ2v) is 6.96. The average molecular weight is 270 g/mol. The first kappa shape index (κ1) is 13.0. The molecule has 0 spiro atoms. The second kappa shape index (κ2) is 4.05. The number of sulfone groups is 1. The molecule has 2 N–H and O–H groups in total. The van der Waals surface area contributed by atoms with Crippen molar-refractivity contribution in [1.82, 2.24) is 0 Å². The molecule has 0 amide bonds. The van der Waals surface area contributed by atoms with E-state index in [0.717, 1.165) is 0 Å². The van der Waals surface area contributed by atoms with E-state index in [2.05, 4.69) is 4.99 Å². The van der Waals surface area contributed by atoms with Crippen molar-refractivity contribution in [3.63, 3.8) is 0 Å². The van der Waals surface area contributed by atoms with Gasteiger partial charge in [-0.05, 0) is 32.0 Å². The number of aliphatic imine (C=N–C) groups is 1. The number of halogens is 1. The Labute approximate surface area is 106 Å². The fourth-order valence-electron chi connectivity index (χ4n) is 2.38. The monoisotopic (exact) mass is 270 g/mol. The van der Waals surface area contributed by atoms with Crippen molar-refractivity contribution in [2.24, 2.45) is 4.99 Å². The van der Waals surface area contributed by atoms with Gasteiger partial charge in [0.2, 0.25) is 0 Å². The van der Waals surface area contributed by atoms with Gasteiger partial charge >= 0.3 is 0 Å². The van der Waals surface area contributed by atoms with Crippen molar-refractivity contribution in [2.75, 3.05) is 17.2 Å². The van der Waals surface area contributed by atoms with Crippen molar-refractivity contribution >= 4 is 21.2 Å². The molecule has 1 aliphatic rings. The number of nitrogens with zero attached hydrogens (tertiary/aromatic N) is 1. The maximum Gasteiger partial charge on any atom is 0.158 e. The Hall–Kier alpha value is -1.43. The van der Waals surface area contributed by atoms with Gasteiger partial charge < -0.3 is 5.73 Å². The van der Waals surface area contributed by atoms with Gasteiger partial charge in [0.25, 0.3) is 0 Å². The molecule has 1 atom stereocenters. The SMILES string of the molecule is CC1=N[C@](C)(c2cc(N)ccc2F)CS(=O)(=O)C1. The molecule has 4 nitrogen and oxygen atoms in total. The van der Waals surface area contributed by atoms with Crippen LogP contribution in [0.25, 0.3) is 0 Å². The minimum Gasteiger partial charge on any atom is -0.399 e. The van der Waals surface area contributed by atoms with Crippen LogP contribution >= 0.6 is 0 Å². The van der Waals surface area contributed by atoms with E-state index >= 15 is 0 Å². The first-order valence-electron chi connectivity index (χ1n) is 5.53. The largest absolute Gasteiger partial charge is 0.399 e. The normalized spacial score (nSPS) is 26.7. The van der Waals surface area contributed by atoms with Crippen molar-refractivity contribution in [3.05, 3.63) is 29.6 Å². The zero-order valence-corrected chi connectivity index (χ0v) is 11.1. The summed E-state index contributed by atoms with van der Waals surface area (Å²) in [6, 6.07) is 4.13. The zero-order valence-electron chi connectivity index (χ0n) is 10.3. The fraction of sp³-hybridized carbons (Fsp3) is 0.417. The van der Waals surface area contributed by atoms with E-state index in [1.54, 1.807) is 13.8 Å². The Morgan fingerprint density at radius 2 is 2.11 bits per heavy atom. The van der Waals surface area contributed by atoms with Crippen molar-refractivity contribution in [2.45, 2.75) is 19.4 Å². The number of hydrogen-bond donors (Lipinski definition) is 1. The van der Waals surface area contributed by atoms with Crippen LogP contribution in [0.15, 0.2) is 23.2 Å². The summed E-state index contributed by atoms with van der Waals surface area (Å²) in [4.78, 5) is 4.32. The van der Waals surface area contributed by atoms with Crippen LogP contribution in [0.1, 0.15) is 19.4 Å². The molecule has 2 rings (SSSR count). The highest BCUT2D eigenvalue weighted by atomic mass is 32.2. The molecule has 0 aliphatic carbocycles. The van der Waals surface area contributed by atoms with Gasteiger partial charge in [-0.15, -0.1) is 0 Å². The van der Waals surface area contributed by atoms with Gasteiger partial charge in [0, 0.05) is 17.0 Å². The molecule has 1 aromatic rings. The van der Waals surface area contributed by atoms with Crippen LogP contribution in [0.4, 0.5) is 10.1 Å². The molecule has 1 aliphatic heterocycles. The quantitative estimate of drug-likeness (QED) is 0.786. The van der Waals surface area contributed by atoms with Crippen LogP contribution in [0, 0.1) is 5.82 Å². The Bertz CT molecular complexity index is 625. The average Bonchev–Trinajstić information content (AvgIpc) is 2.17. The van der Waals surface area contributed by atoms with E-state index in [4.69, 9.17) is 5.73 Å². The predicted octanol–water partition coefficient (Wildman–Crippen LogP) is 1.51. The first-order chi connectivity index (χ1) is 8.22. The molecule has 6 heteroatoms. The Balaban J connectivity index is 2.61.